The fourth-order valence-electron chi connectivity index (χ4n) is 2.70. The summed E-state index contributed by atoms with van der Waals surface area (Å²) in [6.07, 6.45) is 1.46. The molecular weight excluding hydrogens is 350 g/mol. The van der Waals surface area contributed by atoms with E-state index in [2.05, 4.69) is 5.16 Å². The number of para-hydroxylation sites is 1. The molecule has 2 aromatic rings. The van der Waals surface area contributed by atoms with Crippen molar-refractivity contribution < 1.29 is 19.2 Å². The van der Waals surface area contributed by atoms with E-state index in [-0.39, 0.29) is 17.2 Å². The van der Waals surface area contributed by atoms with Gasteiger partial charge in [0.05, 0.1) is 24.4 Å². The number of morpholine rings is 1. The van der Waals surface area contributed by atoms with E-state index in [4.69, 9.17) is 14.3 Å². The Morgan fingerprint density at radius 1 is 1.15 bits per heavy atom. The molecule has 0 spiro atoms. The molecule has 1 heterocycles. The molecule has 2 aromatic carbocycles. The minimum atomic E-state index is -0.378. The fraction of sp³-hybridized carbons (Fsp3) is 0.316. The third-order valence-electron chi connectivity index (χ3n) is 4.01. The Kier molecular flexibility index (Phi) is 6.59. The van der Waals surface area contributed by atoms with Crippen LogP contribution in [0.3, 0.4) is 0 Å². The maximum Gasteiger partial charge on any atom is 0.293 e. The molecule has 8 heteroatoms. The lowest BCUT2D eigenvalue weighted by Crippen LogP contribution is -2.36. The van der Waals surface area contributed by atoms with Crippen LogP contribution in [0, 0.1) is 10.1 Å². The zero-order valence-corrected chi connectivity index (χ0v) is 14.8. The van der Waals surface area contributed by atoms with Crippen LogP contribution in [0.5, 0.6) is 5.75 Å². The Morgan fingerprint density at radius 3 is 2.67 bits per heavy atom. The summed E-state index contributed by atoms with van der Waals surface area (Å²) in [7, 11) is 0. The molecule has 0 bridgehead atoms. The first-order chi connectivity index (χ1) is 13.2. The van der Waals surface area contributed by atoms with Gasteiger partial charge in [0.15, 0.2) is 6.61 Å². The molecule has 0 unspecified atom stereocenters. The van der Waals surface area contributed by atoms with Crippen molar-refractivity contribution in [1.82, 2.24) is 0 Å². The number of nitro benzene ring substituents is 1. The first-order valence-electron chi connectivity index (χ1n) is 8.68. The van der Waals surface area contributed by atoms with Crippen molar-refractivity contribution in [3.05, 3.63) is 64.2 Å². The molecule has 1 aliphatic heterocycles. The fourth-order valence-corrected chi connectivity index (χ4v) is 2.70. The number of anilines is 1. The summed E-state index contributed by atoms with van der Waals surface area (Å²) < 4.78 is 10.8. The Hall–Kier alpha value is -3.13. The third kappa shape index (κ3) is 5.42. The lowest BCUT2D eigenvalue weighted by molar-refractivity contribution is -0.384. The molecule has 8 nitrogen and oxygen atoms in total. The van der Waals surface area contributed by atoms with Gasteiger partial charge in [-0.25, -0.2) is 0 Å². The van der Waals surface area contributed by atoms with Crippen LogP contribution >= 0.6 is 0 Å². The number of nitrogens with zero attached hydrogens (tertiary/aromatic N) is 3. The second kappa shape index (κ2) is 9.54. The zero-order chi connectivity index (χ0) is 18.9. The van der Waals surface area contributed by atoms with Crippen LogP contribution in [-0.4, -0.2) is 50.7 Å². The van der Waals surface area contributed by atoms with Gasteiger partial charge in [-0.05, 0) is 18.2 Å². The summed E-state index contributed by atoms with van der Waals surface area (Å²) in [5.41, 5.74) is 1.24. The lowest BCUT2D eigenvalue weighted by Gasteiger charge is -2.28. The molecule has 3 rings (SSSR count). The van der Waals surface area contributed by atoms with Crippen LogP contribution < -0.4 is 9.64 Å². The average Bonchev–Trinajstić information content (AvgIpc) is 2.72. The predicted molar refractivity (Wildman–Crippen MR) is 102 cm³/mol. The summed E-state index contributed by atoms with van der Waals surface area (Å²) >= 11 is 0. The Morgan fingerprint density at radius 2 is 1.93 bits per heavy atom. The van der Waals surface area contributed by atoms with Gasteiger partial charge >= 0.3 is 0 Å². The number of rotatable bonds is 8. The van der Waals surface area contributed by atoms with Gasteiger partial charge in [-0.1, -0.05) is 29.4 Å². The SMILES string of the molecule is O=[N+]([O-])c1cc(/C=N\OCCOc2ccccc2)ccc1N1CCOCC1. The van der Waals surface area contributed by atoms with Gasteiger partial charge in [0, 0.05) is 24.7 Å². The monoisotopic (exact) mass is 371 g/mol. The highest BCUT2D eigenvalue weighted by Crippen LogP contribution is 2.29. The molecular formula is C19H21N3O5. The number of hydrogen-bond donors (Lipinski definition) is 0. The molecule has 0 radical (unpaired) electrons. The van der Waals surface area contributed by atoms with Crippen LogP contribution in [0.1, 0.15) is 5.56 Å². The van der Waals surface area contributed by atoms with Crippen molar-refractivity contribution >= 4 is 17.6 Å². The second-order valence-electron chi connectivity index (χ2n) is 5.83. The van der Waals surface area contributed by atoms with Gasteiger partial charge in [-0.3, -0.25) is 10.1 Å². The van der Waals surface area contributed by atoms with Crippen molar-refractivity contribution in [2.45, 2.75) is 0 Å². The molecule has 1 fully saturated rings. The van der Waals surface area contributed by atoms with Crippen LogP contribution in [-0.2, 0) is 9.57 Å². The standard InChI is InChI=1S/C19H21N3O5/c23-22(24)19-14-16(6-7-18(19)21-8-10-25-11-9-21)15-20-27-13-12-26-17-4-2-1-3-5-17/h1-7,14-15H,8-13H2/b20-15-. The molecule has 0 atom stereocenters. The molecule has 0 amide bonds. The van der Waals surface area contributed by atoms with Gasteiger partial charge in [0.2, 0.25) is 0 Å². The van der Waals surface area contributed by atoms with E-state index in [0.29, 0.717) is 44.2 Å². The maximum absolute atomic E-state index is 11.4. The normalized spacial score (nSPS) is 14.3. The lowest BCUT2D eigenvalue weighted by atomic mass is 10.1. The smallest absolute Gasteiger partial charge is 0.293 e. The molecule has 0 aliphatic carbocycles. The van der Waals surface area contributed by atoms with E-state index in [1.165, 1.54) is 12.3 Å². The third-order valence-corrected chi connectivity index (χ3v) is 4.01. The summed E-state index contributed by atoms with van der Waals surface area (Å²) in [5, 5.41) is 15.3. The predicted octanol–water partition coefficient (Wildman–Crippen LogP) is 2.86. The molecule has 142 valence electrons. The Balaban J connectivity index is 1.54. The van der Waals surface area contributed by atoms with E-state index in [1.807, 2.05) is 35.2 Å². The highest BCUT2D eigenvalue weighted by Gasteiger charge is 2.21. The first-order valence-corrected chi connectivity index (χ1v) is 8.68. The average molecular weight is 371 g/mol. The van der Waals surface area contributed by atoms with Gasteiger partial charge in [-0.2, -0.15) is 0 Å². The number of nitro groups is 1. The topological polar surface area (TPSA) is 86.4 Å². The zero-order valence-electron chi connectivity index (χ0n) is 14.8. The Bertz CT molecular complexity index is 776. The van der Waals surface area contributed by atoms with Crippen LogP contribution in [0.2, 0.25) is 0 Å². The van der Waals surface area contributed by atoms with E-state index in [0.717, 1.165) is 5.75 Å². The number of oxime groups is 1. The Labute approximate surface area is 157 Å². The van der Waals surface area contributed by atoms with E-state index in [9.17, 15) is 10.1 Å². The summed E-state index contributed by atoms with van der Waals surface area (Å²) in [6, 6.07) is 14.4. The van der Waals surface area contributed by atoms with Gasteiger partial charge in [0.25, 0.3) is 5.69 Å². The first kappa shape index (κ1) is 18.7. The number of benzene rings is 2. The molecule has 0 N–H and O–H groups in total. The molecule has 0 aromatic heterocycles. The van der Waals surface area contributed by atoms with E-state index < -0.39 is 0 Å². The van der Waals surface area contributed by atoms with Crippen molar-refractivity contribution in [3.8, 4) is 5.75 Å². The molecule has 1 aliphatic rings. The van der Waals surface area contributed by atoms with E-state index in [1.54, 1.807) is 12.1 Å². The highest BCUT2D eigenvalue weighted by molar-refractivity contribution is 5.82. The van der Waals surface area contributed by atoms with Crippen LogP contribution in [0.15, 0.2) is 53.7 Å². The minimum Gasteiger partial charge on any atom is -0.490 e. The largest absolute Gasteiger partial charge is 0.490 e. The summed E-state index contributed by atoms with van der Waals surface area (Å²) in [4.78, 5) is 18.2. The van der Waals surface area contributed by atoms with Crippen molar-refractivity contribution in [2.24, 2.45) is 5.16 Å². The summed E-state index contributed by atoms with van der Waals surface area (Å²) in [6.45, 7) is 3.05. The molecule has 1 saturated heterocycles. The molecule has 0 saturated carbocycles. The van der Waals surface area contributed by atoms with Crippen LogP contribution in [0.25, 0.3) is 0 Å². The highest BCUT2D eigenvalue weighted by atomic mass is 16.6. The van der Waals surface area contributed by atoms with Gasteiger partial charge < -0.3 is 19.2 Å². The molecule has 27 heavy (non-hydrogen) atoms. The van der Waals surface area contributed by atoms with Crippen LogP contribution in [0.4, 0.5) is 11.4 Å². The van der Waals surface area contributed by atoms with Gasteiger partial charge in [0.1, 0.15) is 18.0 Å². The van der Waals surface area contributed by atoms with Crippen molar-refractivity contribution in [2.75, 3.05) is 44.4 Å². The second-order valence-corrected chi connectivity index (χ2v) is 5.83. The summed E-state index contributed by atoms with van der Waals surface area (Å²) in [5.74, 6) is 0.763. The van der Waals surface area contributed by atoms with Crippen molar-refractivity contribution in [3.63, 3.8) is 0 Å². The quantitative estimate of drug-likeness (QED) is 0.307. The maximum atomic E-state index is 11.4. The van der Waals surface area contributed by atoms with Crippen molar-refractivity contribution in [1.29, 1.82) is 0 Å². The number of hydrogen-bond acceptors (Lipinski definition) is 7. The number of ether oxygens (including phenoxy) is 2. The van der Waals surface area contributed by atoms with E-state index >= 15 is 0 Å². The minimum absolute atomic E-state index is 0.0493. The van der Waals surface area contributed by atoms with Gasteiger partial charge in [-0.15, -0.1) is 0 Å².